The van der Waals surface area contributed by atoms with Gasteiger partial charge in [-0.25, -0.2) is 15.0 Å². The number of piperidine rings is 1. The van der Waals surface area contributed by atoms with Crippen molar-refractivity contribution in [1.29, 1.82) is 0 Å². The summed E-state index contributed by atoms with van der Waals surface area (Å²) >= 11 is 1.67. The number of benzene rings is 1. The molecule has 4 aromatic rings. The first-order valence-corrected chi connectivity index (χ1v) is 11.9. The van der Waals surface area contributed by atoms with Gasteiger partial charge in [0.05, 0.1) is 16.3 Å². The number of nitrogens with one attached hydrogen (secondary N) is 1. The van der Waals surface area contributed by atoms with E-state index in [4.69, 9.17) is 4.98 Å². The second-order valence-corrected chi connectivity index (χ2v) is 9.64. The maximum Gasteiger partial charge on any atom is 0.223 e. The first-order valence-electron chi connectivity index (χ1n) is 11.1. The van der Waals surface area contributed by atoms with Gasteiger partial charge in [-0.2, -0.15) is 0 Å². The topological polar surface area (TPSA) is 71.0 Å². The number of thiophene rings is 1. The zero-order chi connectivity index (χ0) is 22.2. The van der Waals surface area contributed by atoms with Gasteiger partial charge in [-0.05, 0) is 50.8 Å². The predicted molar refractivity (Wildman–Crippen MR) is 130 cm³/mol. The number of aryl methyl sites for hydroxylation is 2. The number of nitrogens with zero attached hydrogens (tertiary/aromatic N) is 4. The molecule has 1 aliphatic heterocycles. The second-order valence-electron chi connectivity index (χ2n) is 8.64. The van der Waals surface area contributed by atoms with Gasteiger partial charge < -0.3 is 10.2 Å². The summed E-state index contributed by atoms with van der Waals surface area (Å²) in [6.45, 7) is 7.80. The van der Waals surface area contributed by atoms with E-state index in [2.05, 4.69) is 45.3 Å². The molecule has 1 aliphatic rings. The van der Waals surface area contributed by atoms with E-state index >= 15 is 0 Å². The minimum Gasteiger partial charge on any atom is -0.355 e. The van der Waals surface area contributed by atoms with Crippen molar-refractivity contribution in [2.45, 2.75) is 39.7 Å². The highest BCUT2D eigenvalue weighted by atomic mass is 32.1. The average molecular weight is 446 g/mol. The van der Waals surface area contributed by atoms with Crippen LogP contribution in [0.4, 0.5) is 5.82 Å². The molecule has 0 saturated carbocycles. The summed E-state index contributed by atoms with van der Waals surface area (Å²) in [5, 5.41) is 4.32. The number of rotatable bonds is 4. The van der Waals surface area contributed by atoms with Crippen LogP contribution in [0.1, 0.15) is 42.6 Å². The SMILES string of the molecule is Cc1cc(C)c2c(n1)sc1c(N3CCC(C(=O)N[C@H](C)c4ccccc4)CC3)ncnc12. The highest BCUT2D eigenvalue weighted by Gasteiger charge is 2.28. The Morgan fingerprint density at radius 3 is 2.66 bits per heavy atom. The van der Waals surface area contributed by atoms with E-state index in [1.54, 1.807) is 17.7 Å². The number of hydrogen-bond donors (Lipinski definition) is 1. The number of amides is 1. The van der Waals surface area contributed by atoms with Crippen LogP contribution in [0.5, 0.6) is 0 Å². The molecule has 0 aliphatic carbocycles. The molecule has 1 amide bonds. The lowest BCUT2D eigenvalue weighted by Crippen LogP contribution is -2.41. The fourth-order valence-corrected chi connectivity index (χ4v) is 5.90. The Kier molecular flexibility index (Phi) is 5.51. The van der Waals surface area contributed by atoms with Crippen molar-refractivity contribution >= 4 is 43.5 Å². The molecular weight excluding hydrogens is 418 g/mol. The van der Waals surface area contributed by atoms with Crippen molar-refractivity contribution in [3.8, 4) is 0 Å². The maximum absolute atomic E-state index is 12.9. The molecule has 32 heavy (non-hydrogen) atoms. The largest absolute Gasteiger partial charge is 0.355 e. The lowest BCUT2D eigenvalue weighted by molar-refractivity contribution is -0.126. The summed E-state index contributed by atoms with van der Waals surface area (Å²) < 4.78 is 1.09. The van der Waals surface area contributed by atoms with Crippen LogP contribution in [-0.4, -0.2) is 33.9 Å². The smallest absolute Gasteiger partial charge is 0.223 e. The molecule has 6 nitrogen and oxygen atoms in total. The third-order valence-electron chi connectivity index (χ3n) is 6.36. The van der Waals surface area contributed by atoms with Gasteiger partial charge in [0.1, 0.15) is 17.0 Å². The molecule has 1 atom stereocenters. The minimum atomic E-state index is 0.0148. The molecular formula is C25H27N5OS. The second kappa shape index (κ2) is 8.47. The van der Waals surface area contributed by atoms with Crippen LogP contribution in [0.25, 0.3) is 20.4 Å². The van der Waals surface area contributed by atoms with E-state index in [9.17, 15) is 4.79 Å². The highest BCUT2D eigenvalue weighted by Crippen LogP contribution is 2.38. The Morgan fingerprint density at radius 2 is 1.91 bits per heavy atom. The van der Waals surface area contributed by atoms with Gasteiger partial charge in [0.15, 0.2) is 0 Å². The van der Waals surface area contributed by atoms with Gasteiger partial charge in [0, 0.05) is 30.1 Å². The van der Waals surface area contributed by atoms with Gasteiger partial charge in [-0.3, -0.25) is 4.79 Å². The number of fused-ring (bicyclic) bond motifs is 3. The summed E-state index contributed by atoms with van der Waals surface area (Å²) in [7, 11) is 0. The van der Waals surface area contributed by atoms with Gasteiger partial charge in [-0.1, -0.05) is 30.3 Å². The number of anilines is 1. The Morgan fingerprint density at radius 1 is 1.16 bits per heavy atom. The molecule has 1 saturated heterocycles. The van der Waals surface area contributed by atoms with E-state index in [0.29, 0.717) is 0 Å². The molecule has 1 fully saturated rings. The molecule has 1 N–H and O–H groups in total. The van der Waals surface area contributed by atoms with Crippen molar-refractivity contribution in [3.63, 3.8) is 0 Å². The molecule has 0 radical (unpaired) electrons. The molecule has 3 aromatic heterocycles. The summed E-state index contributed by atoms with van der Waals surface area (Å²) in [5.74, 6) is 1.14. The van der Waals surface area contributed by atoms with Crippen molar-refractivity contribution < 1.29 is 4.79 Å². The number of pyridine rings is 1. The fraction of sp³-hybridized carbons (Fsp3) is 0.360. The average Bonchev–Trinajstić information content (AvgIpc) is 3.18. The van der Waals surface area contributed by atoms with E-state index in [-0.39, 0.29) is 17.9 Å². The monoisotopic (exact) mass is 445 g/mol. The molecule has 1 aromatic carbocycles. The Bertz CT molecular complexity index is 1280. The summed E-state index contributed by atoms with van der Waals surface area (Å²) in [5.41, 5.74) is 4.33. The summed E-state index contributed by atoms with van der Waals surface area (Å²) in [6.07, 6.45) is 3.30. The highest BCUT2D eigenvalue weighted by molar-refractivity contribution is 7.26. The van der Waals surface area contributed by atoms with Gasteiger partial charge >= 0.3 is 0 Å². The van der Waals surface area contributed by atoms with Crippen LogP contribution >= 0.6 is 11.3 Å². The van der Waals surface area contributed by atoms with E-state index in [1.165, 1.54) is 5.56 Å². The molecule has 0 spiro atoms. The lowest BCUT2D eigenvalue weighted by Gasteiger charge is -2.32. The van der Waals surface area contributed by atoms with E-state index in [0.717, 1.165) is 63.4 Å². The zero-order valence-electron chi connectivity index (χ0n) is 18.6. The molecule has 0 bridgehead atoms. The van der Waals surface area contributed by atoms with Crippen LogP contribution in [0.15, 0.2) is 42.7 Å². The molecule has 4 heterocycles. The normalized spacial score (nSPS) is 15.9. The van der Waals surface area contributed by atoms with Crippen LogP contribution in [-0.2, 0) is 4.79 Å². The van der Waals surface area contributed by atoms with Crippen molar-refractivity contribution in [2.75, 3.05) is 18.0 Å². The number of carbonyl (C=O) groups excluding carboxylic acids is 1. The Hall–Kier alpha value is -3.06. The van der Waals surface area contributed by atoms with Crippen LogP contribution in [0.2, 0.25) is 0 Å². The predicted octanol–water partition coefficient (Wildman–Crippen LogP) is 4.95. The fourth-order valence-electron chi connectivity index (χ4n) is 4.63. The molecule has 7 heteroatoms. The zero-order valence-corrected chi connectivity index (χ0v) is 19.4. The maximum atomic E-state index is 12.9. The summed E-state index contributed by atoms with van der Waals surface area (Å²) in [4.78, 5) is 30.1. The van der Waals surface area contributed by atoms with Gasteiger partial charge in [0.25, 0.3) is 0 Å². The minimum absolute atomic E-state index is 0.0148. The Labute approximate surface area is 191 Å². The quantitative estimate of drug-likeness (QED) is 0.481. The molecule has 164 valence electrons. The van der Waals surface area contributed by atoms with E-state index < -0.39 is 0 Å². The number of hydrogen-bond acceptors (Lipinski definition) is 6. The van der Waals surface area contributed by atoms with Crippen molar-refractivity contribution in [1.82, 2.24) is 20.3 Å². The first-order chi connectivity index (χ1) is 15.5. The van der Waals surface area contributed by atoms with Gasteiger partial charge in [-0.15, -0.1) is 11.3 Å². The Balaban J connectivity index is 1.32. The third kappa shape index (κ3) is 3.81. The van der Waals surface area contributed by atoms with Crippen molar-refractivity contribution in [2.24, 2.45) is 5.92 Å². The molecule has 5 rings (SSSR count). The van der Waals surface area contributed by atoms with Crippen molar-refractivity contribution in [3.05, 3.63) is 59.5 Å². The number of carbonyl (C=O) groups is 1. The van der Waals surface area contributed by atoms with Crippen LogP contribution < -0.4 is 10.2 Å². The standard InChI is InChI=1S/C25H27N5OS/c1-15-13-16(2)28-25-20(15)21-22(32-25)23(27-14-26-21)30-11-9-19(10-12-30)24(31)29-17(3)18-7-5-4-6-8-18/h4-8,13-14,17,19H,9-12H2,1-3H3,(H,29,31)/t17-/m1/s1. The van der Waals surface area contributed by atoms with E-state index in [1.807, 2.05) is 32.0 Å². The molecule has 0 unspecified atom stereocenters. The van der Waals surface area contributed by atoms with Crippen LogP contribution in [0, 0.1) is 19.8 Å². The number of aromatic nitrogens is 3. The van der Waals surface area contributed by atoms with Crippen LogP contribution in [0.3, 0.4) is 0 Å². The first kappa shape index (κ1) is 20.8. The third-order valence-corrected chi connectivity index (χ3v) is 7.42. The van der Waals surface area contributed by atoms with Gasteiger partial charge in [0.2, 0.25) is 5.91 Å². The lowest BCUT2D eigenvalue weighted by atomic mass is 9.95. The summed E-state index contributed by atoms with van der Waals surface area (Å²) in [6, 6.07) is 12.2.